The number of nitrogens with zero attached hydrogens (tertiary/aromatic N) is 1. The number of nitrogen functional groups attached to an aromatic ring is 1. The van der Waals surface area contributed by atoms with Crippen LogP contribution in [0.3, 0.4) is 0 Å². The zero-order valence-corrected chi connectivity index (χ0v) is 10.1. The zero-order chi connectivity index (χ0) is 12.8. The van der Waals surface area contributed by atoms with Crippen LogP contribution in [-0.2, 0) is 0 Å². The molecule has 90 valence electrons. The molecule has 0 saturated heterocycles. The summed E-state index contributed by atoms with van der Waals surface area (Å²) < 4.78 is 0. The average Bonchev–Trinajstić information content (AvgIpc) is 2.42. The molecule has 0 aliphatic heterocycles. The molecule has 0 saturated carbocycles. The number of hydrogen-bond acceptors (Lipinski definition) is 3. The molecule has 0 aliphatic rings. The molecule has 1 aromatic carbocycles. The topological polar surface area (TPSA) is 64.9 Å². The van der Waals surface area contributed by atoms with Crippen LogP contribution in [0.2, 0.25) is 0 Å². The third kappa shape index (κ3) is 2.88. The number of hydrogen-bond donors (Lipinski definition) is 2. The van der Waals surface area contributed by atoms with Crippen LogP contribution in [0.25, 0.3) is 11.1 Å². The van der Waals surface area contributed by atoms with Crippen molar-refractivity contribution < 1.29 is 0 Å². The number of aromatic nitrogens is 1. The van der Waals surface area contributed by atoms with Crippen molar-refractivity contribution >= 4 is 5.82 Å². The predicted molar refractivity (Wildman–Crippen MR) is 74.6 cm³/mol. The van der Waals surface area contributed by atoms with Crippen molar-refractivity contribution in [3.05, 3.63) is 48.2 Å². The lowest BCUT2D eigenvalue weighted by molar-refractivity contribution is 1.03. The first-order valence-corrected chi connectivity index (χ1v) is 5.81. The van der Waals surface area contributed by atoms with Gasteiger partial charge >= 0.3 is 0 Å². The van der Waals surface area contributed by atoms with Gasteiger partial charge in [-0.25, -0.2) is 4.98 Å². The van der Waals surface area contributed by atoms with Crippen LogP contribution in [0, 0.1) is 11.8 Å². The summed E-state index contributed by atoms with van der Waals surface area (Å²) in [6.45, 7) is 0.570. The van der Waals surface area contributed by atoms with Gasteiger partial charge in [0.15, 0.2) is 0 Å². The second-order valence-electron chi connectivity index (χ2n) is 3.86. The van der Waals surface area contributed by atoms with Gasteiger partial charge in [-0.2, -0.15) is 0 Å². The summed E-state index contributed by atoms with van der Waals surface area (Å²) in [5.74, 6) is 6.55. The number of pyridine rings is 1. The summed E-state index contributed by atoms with van der Waals surface area (Å²) in [6, 6.07) is 11.9. The van der Waals surface area contributed by atoms with E-state index in [1.165, 1.54) is 0 Å². The van der Waals surface area contributed by atoms with Crippen molar-refractivity contribution in [3.8, 4) is 23.0 Å². The maximum absolute atomic E-state index is 5.90. The Morgan fingerprint density at radius 1 is 1.17 bits per heavy atom. The number of anilines is 1. The molecule has 0 radical (unpaired) electrons. The predicted octanol–water partition coefficient (Wildman–Crippen LogP) is 2.03. The molecule has 3 nitrogen and oxygen atoms in total. The Morgan fingerprint density at radius 2 is 1.94 bits per heavy atom. The minimum atomic E-state index is 0.519. The molecule has 4 N–H and O–H groups in total. The maximum atomic E-state index is 5.90. The Hall–Kier alpha value is -2.31. The molecule has 0 aliphatic carbocycles. The van der Waals surface area contributed by atoms with Gasteiger partial charge in [0.2, 0.25) is 0 Å². The Labute approximate surface area is 107 Å². The molecule has 0 atom stereocenters. The van der Waals surface area contributed by atoms with Crippen LogP contribution >= 0.6 is 0 Å². The fourth-order valence-electron chi connectivity index (χ4n) is 1.63. The van der Waals surface area contributed by atoms with Gasteiger partial charge in [-0.05, 0) is 11.6 Å². The van der Waals surface area contributed by atoms with Crippen molar-refractivity contribution in [2.75, 3.05) is 12.3 Å². The van der Waals surface area contributed by atoms with E-state index in [0.717, 1.165) is 16.7 Å². The minimum absolute atomic E-state index is 0.519. The highest BCUT2D eigenvalue weighted by molar-refractivity contribution is 5.74. The largest absolute Gasteiger partial charge is 0.383 e. The van der Waals surface area contributed by atoms with Crippen molar-refractivity contribution in [3.63, 3.8) is 0 Å². The number of rotatable bonds is 2. The van der Waals surface area contributed by atoms with E-state index < -0.39 is 0 Å². The van der Waals surface area contributed by atoms with Crippen molar-refractivity contribution in [2.45, 2.75) is 6.42 Å². The quantitative estimate of drug-likeness (QED) is 0.785. The first-order valence-electron chi connectivity index (χ1n) is 5.81. The first kappa shape index (κ1) is 12.2. The molecular formula is C15H15N3. The van der Waals surface area contributed by atoms with Gasteiger partial charge in [-0.1, -0.05) is 42.2 Å². The highest BCUT2D eigenvalue weighted by Crippen LogP contribution is 2.24. The van der Waals surface area contributed by atoms with Crippen LogP contribution in [0.15, 0.2) is 42.6 Å². The maximum Gasteiger partial charge on any atom is 0.131 e. The highest BCUT2D eigenvalue weighted by Gasteiger charge is 2.03. The van der Waals surface area contributed by atoms with Crippen LogP contribution in [0.1, 0.15) is 12.0 Å². The Morgan fingerprint density at radius 3 is 2.67 bits per heavy atom. The molecular weight excluding hydrogens is 222 g/mol. The van der Waals surface area contributed by atoms with E-state index in [1.54, 1.807) is 6.20 Å². The van der Waals surface area contributed by atoms with E-state index in [0.29, 0.717) is 18.8 Å². The fourth-order valence-corrected chi connectivity index (χ4v) is 1.63. The standard InChI is InChI=1S/C15H15N3/c16-9-5-4-6-12-10-14(15(17)18-11-12)13-7-2-1-3-8-13/h1-3,7-8,10-11H,5,9,16H2,(H2,17,18). The molecule has 0 fully saturated rings. The van der Waals surface area contributed by atoms with E-state index in [2.05, 4.69) is 16.8 Å². The molecule has 3 heteroatoms. The van der Waals surface area contributed by atoms with E-state index in [9.17, 15) is 0 Å². The molecule has 0 spiro atoms. The van der Waals surface area contributed by atoms with Gasteiger partial charge < -0.3 is 11.5 Å². The molecule has 2 rings (SSSR count). The average molecular weight is 237 g/mol. The van der Waals surface area contributed by atoms with Gasteiger partial charge in [0, 0.05) is 30.3 Å². The molecule has 0 unspecified atom stereocenters. The van der Waals surface area contributed by atoms with Gasteiger partial charge in [-0.15, -0.1) is 0 Å². The Bertz CT molecular complexity index is 580. The van der Waals surface area contributed by atoms with Crippen LogP contribution < -0.4 is 11.5 Å². The van der Waals surface area contributed by atoms with E-state index in [4.69, 9.17) is 11.5 Å². The molecule has 2 aromatic rings. The fraction of sp³-hybridized carbons (Fsp3) is 0.133. The third-order valence-electron chi connectivity index (χ3n) is 2.51. The second kappa shape index (κ2) is 5.85. The SMILES string of the molecule is NCCC#Cc1cnc(N)c(-c2ccccc2)c1. The summed E-state index contributed by atoms with van der Waals surface area (Å²) in [6.07, 6.45) is 2.37. The lowest BCUT2D eigenvalue weighted by Gasteiger charge is -2.05. The third-order valence-corrected chi connectivity index (χ3v) is 2.51. The number of nitrogens with two attached hydrogens (primary N) is 2. The summed E-state index contributed by atoms with van der Waals surface area (Å²) in [4.78, 5) is 4.18. The van der Waals surface area contributed by atoms with E-state index >= 15 is 0 Å². The smallest absolute Gasteiger partial charge is 0.131 e. The van der Waals surface area contributed by atoms with Crippen LogP contribution in [0.4, 0.5) is 5.82 Å². The lowest BCUT2D eigenvalue weighted by Crippen LogP contribution is -1.96. The molecule has 18 heavy (non-hydrogen) atoms. The van der Waals surface area contributed by atoms with Crippen molar-refractivity contribution in [1.82, 2.24) is 4.98 Å². The van der Waals surface area contributed by atoms with Gasteiger partial charge in [0.05, 0.1) is 0 Å². The first-order chi connectivity index (χ1) is 8.81. The zero-order valence-electron chi connectivity index (χ0n) is 10.1. The summed E-state index contributed by atoms with van der Waals surface area (Å²) in [7, 11) is 0. The highest BCUT2D eigenvalue weighted by atomic mass is 14.8. The lowest BCUT2D eigenvalue weighted by atomic mass is 10.1. The van der Waals surface area contributed by atoms with Crippen LogP contribution in [0.5, 0.6) is 0 Å². The monoisotopic (exact) mass is 237 g/mol. The van der Waals surface area contributed by atoms with E-state index in [1.807, 2.05) is 36.4 Å². The Balaban J connectivity index is 2.37. The van der Waals surface area contributed by atoms with Gasteiger partial charge in [0.25, 0.3) is 0 Å². The van der Waals surface area contributed by atoms with Crippen molar-refractivity contribution in [1.29, 1.82) is 0 Å². The summed E-state index contributed by atoms with van der Waals surface area (Å²) >= 11 is 0. The van der Waals surface area contributed by atoms with Gasteiger partial charge in [0.1, 0.15) is 5.82 Å². The molecule has 1 aromatic heterocycles. The molecule has 0 amide bonds. The summed E-state index contributed by atoms with van der Waals surface area (Å²) in [5.41, 5.74) is 14.1. The van der Waals surface area contributed by atoms with Crippen molar-refractivity contribution in [2.24, 2.45) is 5.73 Å². The normalized spacial score (nSPS) is 9.61. The van der Waals surface area contributed by atoms with E-state index in [-0.39, 0.29) is 0 Å². The second-order valence-corrected chi connectivity index (χ2v) is 3.86. The molecule has 0 bridgehead atoms. The van der Waals surface area contributed by atoms with Crippen LogP contribution in [-0.4, -0.2) is 11.5 Å². The minimum Gasteiger partial charge on any atom is -0.383 e. The molecule has 1 heterocycles. The Kier molecular flexibility index (Phi) is 3.95. The number of benzene rings is 1. The van der Waals surface area contributed by atoms with Gasteiger partial charge in [-0.3, -0.25) is 0 Å². The summed E-state index contributed by atoms with van der Waals surface area (Å²) in [5, 5.41) is 0.